The van der Waals surface area contributed by atoms with Gasteiger partial charge >= 0.3 is 13.8 Å². The van der Waals surface area contributed by atoms with Gasteiger partial charge in [-0.25, -0.2) is 4.57 Å². The molecular weight excluding hydrogens is 964 g/mol. The van der Waals surface area contributed by atoms with Crippen molar-refractivity contribution in [1.82, 2.24) is 5.32 Å². The number of quaternary nitrogens is 1. The third kappa shape index (κ3) is 55.2. The lowest BCUT2D eigenvalue weighted by Gasteiger charge is -2.27. The van der Waals surface area contributed by atoms with Gasteiger partial charge in [0.15, 0.2) is 0 Å². The molecule has 3 atom stereocenters. The van der Waals surface area contributed by atoms with E-state index in [-0.39, 0.29) is 31.5 Å². The average molecular weight is 1080 g/mol. The SMILES string of the molecule is CC/C=C\C/C=C\C/C=C\C/C=C\C/C=C\C/C=C\CCCCCCCCC(=O)OC(/C=C\CCCCCCCCCCCC)C(COP(=O)(O)OCC[N+](C)(C)C)NC(=O)CCCCCCC\C=C/C=C/C=C/CC. The summed E-state index contributed by atoms with van der Waals surface area (Å²) in [5.74, 6) is -0.555. The van der Waals surface area contributed by atoms with Crippen LogP contribution in [0.1, 0.15) is 233 Å². The lowest BCUT2D eigenvalue weighted by atomic mass is 10.0. The molecule has 0 aromatic rings. The Kier molecular flexibility index (Phi) is 52.2. The maximum absolute atomic E-state index is 13.5. The van der Waals surface area contributed by atoms with E-state index in [1.165, 1.54) is 51.4 Å². The average Bonchev–Trinajstić information content (AvgIpc) is 3.38. The lowest BCUT2D eigenvalue weighted by Crippen LogP contribution is -2.47. The Morgan fingerprint density at radius 1 is 0.487 bits per heavy atom. The molecule has 0 saturated carbocycles. The first-order valence-corrected chi connectivity index (χ1v) is 31.9. The van der Waals surface area contributed by atoms with Crippen LogP contribution in [-0.4, -0.2) is 74.3 Å². The zero-order chi connectivity index (χ0) is 55.7. The Morgan fingerprint density at radius 3 is 1.41 bits per heavy atom. The number of phosphoric ester groups is 1. The number of hydrogen-bond donors (Lipinski definition) is 2. The Bertz CT molecular complexity index is 1720. The fourth-order valence-corrected chi connectivity index (χ4v) is 8.80. The number of amides is 1. The first-order chi connectivity index (χ1) is 36.9. The van der Waals surface area contributed by atoms with Crippen molar-refractivity contribution in [2.45, 2.75) is 245 Å². The number of carbonyl (C=O) groups excluding carboxylic acids is 2. The van der Waals surface area contributed by atoms with Crippen molar-refractivity contribution >= 4 is 19.7 Å². The molecule has 10 heteroatoms. The first-order valence-electron chi connectivity index (χ1n) is 30.4. The number of hydrogen-bond acceptors (Lipinski definition) is 6. The molecule has 0 aliphatic rings. The highest BCUT2D eigenvalue weighted by Gasteiger charge is 2.30. The normalized spacial score (nSPS) is 14.6. The van der Waals surface area contributed by atoms with Crippen molar-refractivity contribution < 1.29 is 37.3 Å². The maximum Gasteiger partial charge on any atom is 0.472 e. The molecule has 1 amide bonds. The quantitative estimate of drug-likeness (QED) is 0.0156. The molecule has 0 aliphatic carbocycles. The van der Waals surface area contributed by atoms with Crippen molar-refractivity contribution in [1.29, 1.82) is 0 Å². The molecule has 434 valence electrons. The summed E-state index contributed by atoms with van der Waals surface area (Å²) in [7, 11) is 1.45. The van der Waals surface area contributed by atoms with Gasteiger partial charge in [-0.15, -0.1) is 0 Å². The molecule has 0 rings (SSSR count). The van der Waals surface area contributed by atoms with Gasteiger partial charge in [-0.3, -0.25) is 18.6 Å². The van der Waals surface area contributed by atoms with E-state index in [9.17, 15) is 19.0 Å². The molecule has 0 aliphatic heterocycles. The van der Waals surface area contributed by atoms with Crippen molar-refractivity contribution in [2.24, 2.45) is 0 Å². The summed E-state index contributed by atoms with van der Waals surface area (Å²) in [6, 6.07) is -0.873. The van der Waals surface area contributed by atoms with E-state index in [2.05, 4.69) is 129 Å². The molecule has 0 radical (unpaired) electrons. The Morgan fingerprint density at radius 2 is 0.908 bits per heavy atom. The largest absolute Gasteiger partial charge is 0.472 e. The molecule has 0 aromatic carbocycles. The molecule has 0 bridgehead atoms. The van der Waals surface area contributed by atoms with Gasteiger partial charge in [-0.05, 0) is 102 Å². The predicted octanol–water partition coefficient (Wildman–Crippen LogP) is 18.7. The van der Waals surface area contributed by atoms with Gasteiger partial charge in [-0.1, -0.05) is 239 Å². The van der Waals surface area contributed by atoms with Crippen molar-refractivity contribution in [3.05, 3.63) is 122 Å². The van der Waals surface area contributed by atoms with E-state index in [1.54, 1.807) is 0 Å². The number of unbranched alkanes of at least 4 members (excludes halogenated alkanes) is 21. The zero-order valence-electron chi connectivity index (χ0n) is 49.4. The number of rotatable bonds is 53. The number of phosphoric acid groups is 1. The van der Waals surface area contributed by atoms with Crippen LogP contribution in [0.2, 0.25) is 0 Å². The second-order valence-corrected chi connectivity index (χ2v) is 22.6. The molecule has 0 aromatic heterocycles. The molecule has 0 spiro atoms. The van der Waals surface area contributed by atoms with Crippen LogP contribution in [0.25, 0.3) is 0 Å². The van der Waals surface area contributed by atoms with Crippen LogP contribution in [0.3, 0.4) is 0 Å². The van der Waals surface area contributed by atoms with Crippen molar-refractivity contribution in [3.63, 3.8) is 0 Å². The summed E-state index contributed by atoms with van der Waals surface area (Å²) >= 11 is 0. The van der Waals surface area contributed by atoms with Gasteiger partial charge in [0.2, 0.25) is 5.91 Å². The number of nitrogens with zero attached hydrogens (tertiary/aromatic N) is 1. The number of carbonyl (C=O) groups is 2. The van der Waals surface area contributed by atoms with Gasteiger partial charge in [0.1, 0.15) is 19.3 Å². The Labute approximate surface area is 467 Å². The van der Waals surface area contributed by atoms with Gasteiger partial charge < -0.3 is 19.4 Å². The highest BCUT2D eigenvalue weighted by molar-refractivity contribution is 7.47. The van der Waals surface area contributed by atoms with E-state index < -0.39 is 20.0 Å². The number of esters is 1. The second kappa shape index (κ2) is 54.8. The van der Waals surface area contributed by atoms with E-state index >= 15 is 0 Å². The molecular formula is C66H114N2O7P+. The van der Waals surface area contributed by atoms with Gasteiger partial charge in [0.05, 0.1) is 33.8 Å². The van der Waals surface area contributed by atoms with E-state index in [0.717, 1.165) is 141 Å². The molecule has 0 fully saturated rings. The van der Waals surface area contributed by atoms with Crippen LogP contribution >= 0.6 is 7.82 Å². The summed E-state index contributed by atoms with van der Waals surface area (Å²) in [6.07, 6.45) is 76.3. The molecule has 0 saturated heterocycles. The van der Waals surface area contributed by atoms with Crippen LogP contribution in [0, 0.1) is 0 Å². The van der Waals surface area contributed by atoms with E-state index in [4.69, 9.17) is 13.8 Å². The van der Waals surface area contributed by atoms with Crippen molar-refractivity contribution in [2.75, 3.05) is 40.9 Å². The highest BCUT2D eigenvalue weighted by atomic mass is 31.2. The van der Waals surface area contributed by atoms with E-state index in [0.29, 0.717) is 23.9 Å². The summed E-state index contributed by atoms with van der Waals surface area (Å²) in [4.78, 5) is 37.6. The van der Waals surface area contributed by atoms with Crippen LogP contribution in [0.15, 0.2) is 122 Å². The minimum Gasteiger partial charge on any atom is -0.456 e. The number of nitrogens with one attached hydrogen (secondary N) is 1. The molecule has 3 unspecified atom stereocenters. The minimum atomic E-state index is -4.46. The highest BCUT2D eigenvalue weighted by Crippen LogP contribution is 2.43. The van der Waals surface area contributed by atoms with Crippen LogP contribution < -0.4 is 5.32 Å². The van der Waals surface area contributed by atoms with Gasteiger partial charge in [-0.2, -0.15) is 0 Å². The van der Waals surface area contributed by atoms with Crippen LogP contribution in [0.5, 0.6) is 0 Å². The summed E-state index contributed by atoms with van der Waals surface area (Å²) in [5.41, 5.74) is 0. The topological polar surface area (TPSA) is 111 Å². The molecule has 0 heterocycles. The monoisotopic (exact) mass is 1080 g/mol. The lowest BCUT2D eigenvalue weighted by molar-refractivity contribution is -0.870. The molecule has 2 N–H and O–H groups in total. The fraction of sp³-hybridized carbons (Fsp3) is 0.667. The maximum atomic E-state index is 13.5. The van der Waals surface area contributed by atoms with Crippen LogP contribution in [0.4, 0.5) is 0 Å². The molecule has 76 heavy (non-hydrogen) atoms. The molecule has 9 nitrogen and oxygen atoms in total. The first kappa shape index (κ1) is 72.4. The summed E-state index contributed by atoms with van der Waals surface area (Å²) in [5, 5.41) is 3.03. The number of ether oxygens (including phenoxy) is 1. The second-order valence-electron chi connectivity index (χ2n) is 21.2. The standard InChI is InChI=1S/C66H113N2O7P/c1-7-10-13-16-19-22-25-28-29-30-31-32-33-34-35-36-37-38-39-41-44-47-50-53-56-59-66(70)75-64(57-54-51-48-45-42-27-24-21-18-15-12-9-3)63(62-74-76(71,72)73-61-60-68(4,5)6)67-65(69)58-55-52-49-46-43-40-26-23-20-17-14-11-8-2/h10-11,13-14,17,19-20,22-23,26,28-29,31-32,34-35,37-38,54,57,63-64H,7-9,12,15-16,18,21,24-25,27,30,33,36,39-53,55-56,58-62H2,1-6H3,(H-,67,69,71,72)/p+1/b13-10-,14-11+,20-17+,22-19-,26-23-,29-28-,32-31-,35-34-,38-37-,57-54-. The summed E-state index contributed by atoms with van der Waals surface area (Å²) in [6.45, 7) is 6.71. The zero-order valence-corrected chi connectivity index (χ0v) is 50.3. The third-order valence-corrected chi connectivity index (χ3v) is 13.7. The number of likely N-dealkylation sites (N-methyl/N-ethyl adjacent to an activating group) is 1. The number of allylic oxidation sites excluding steroid dienone is 19. The van der Waals surface area contributed by atoms with Gasteiger partial charge in [0.25, 0.3) is 0 Å². The van der Waals surface area contributed by atoms with Gasteiger partial charge in [0, 0.05) is 12.8 Å². The third-order valence-electron chi connectivity index (χ3n) is 12.7. The Hall–Kier alpha value is -3.59. The van der Waals surface area contributed by atoms with Crippen molar-refractivity contribution in [3.8, 4) is 0 Å². The Balaban J connectivity index is 5.25. The minimum absolute atomic E-state index is 0.0267. The summed E-state index contributed by atoms with van der Waals surface area (Å²) < 4.78 is 30.6. The predicted molar refractivity (Wildman–Crippen MR) is 327 cm³/mol. The smallest absolute Gasteiger partial charge is 0.456 e. The van der Waals surface area contributed by atoms with E-state index in [1.807, 2.05) is 39.4 Å². The fourth-order valence-electron chi connectivity index (χ4n) is 8.06. The van der Waals surface area contributed by atoms with Crippen LogP contribution in [-0.2, 0) is 27.9 Å².